The number of nitrogens with zero attached hydrogens (tertiary/aromatic N) is 5. The first-order valence-electron chi connectivity index (χ1n) is 9.66. The van der Waals surface area contributed by atoms with Gasteiger partial charge in [-0.3, -0.25) is 14.3 Å². The second kappa shape index (κ2) is 7.64. The number of anilines is 2. The fraction of sp³-hybridized carbons (Fsp3) is 0.400. The second-order valence-corrected chi connectivity index (χ2v) is 8.23. The van der Waals surface area contributed by atoms with Gasteiger partial charge >= 0.3 is 6.03 Å². The number of piperazine rings is 1. The molecule has 0 unspecified atom stereocenters. The van der Waals surface area contributed by atoms with Gasteiger partial charge in [0.1, 0.15) is 6.54 Å². The smallest absolute Gasteiger partial charge is 0.321 e. The highest BCUT2D eigenvalue weighted by atomic mass is 35.5. The average molecular weight is 431 g/mol. The molecule has 0 bridgehead atoms. The number of benzene rings is 1. The molecule has 1 N–H and O–H groups in total. The van der Waals surface area contributed by atoms with Gasteiger partial charge in [0.2, 0.25) is 11.8 Å². The van der Waals surface area contributed by atoms with Crippen molar-refractivity contribution < 1.29 is 14.4 Å². The van der Waals surface area contributed by atoms with E-state index in [0.717, 1.165) is 0 Å². The summed E-state index contributed by atoms with van der Waals surface area (Å²) < 4.78 is 1.63. The van der Waals surface area contributed by atoms with Crippen LogP contribution < -0.4 is 10.2 Å². The maximum atomic E-state index is 12.8. The summed E-state index contributed by atoms with van der Waals surface area (Å²) in [7, 11) is 1.79. The predicted octanol–water partition coefficient (Wildman–Crippen LogP) is 1.95. The molecule has 9 nitrogen and oxygen atoms in total. The van der Waals surface area contributed by atoms with E-state index in [9.17, 15) is 14.4 Å². The summed E-state index contributed by atoms with van der Waals surface area (Å²) in [4.78, 5) is 42.9. The van der Waals surface area contributed by atoms with E-state index in [1.807, 2.05) is 0 Å². The van der Waals surface area contributed by atoms with Crippen LogP contribution in [0.1, 0.15) is 13.3 Å². The minimum Gasteiger partial charge on any atom is -0.324 e. The number of aromatic nitrogens is 2. The molecule has 30 heavy (non-hydrogen) atoms. The van der Waals surface area contributed by atoms with Gasteiger partial charge in [0, 0.05) is 44.0 Å². The molecule has 3 heterocycles. The lowest BCUT2D eigenvalue weighted by Gasteiger charge is -2.47. The number of hydrogen-bond donors (Lipinski definition) is 1. The van der Waals surface area contributed by atoms with E-state index in [-0.39, 0.29) is 24.4 Å². The lowest BCUT2D eigenvalue weighted by molar-refractivity contribution is -0.142. The van der Waals surface area contributed by atoms with Gasteiger partial charge in [0.25, 0.3) is 0 Å². The number of rotatable bonds is 2. The van der Waals surface area contributed by atoms with Gasteiger partial charge in [-0.05, 0) is 30.7 Å². The zero-order chi connectivity index (χ0) is 21.5. The molecule has 2 aromatic rings. The molecule has 0 aliphatic carbocycles. The van der Waals surface area contributed by atoms with E-state index in [1.165, 1.54) is 6.92 Å². The molecule has 158 valence electrons. The standard InChI is InChI=1S/C20H23ClN6O3/c1-14(28)27-11-18(29)26(17-9-22-24(2)10-17)13-20(27)7-8-25(12-20)19(30)23-16-5-3-15(21)4-6-16/h3-6,9-10H,7-8,11-13H2,1-2H3,(H,23,30)/t20-/m1/s1. The molecule has 2 saturated heterocycles. The van der Waals surface area contributed by atoms with E-state index in [2.05, 4.69) is 10.4 Å². The first kappa shape index (κ1) is 20.2. The topological polar surface area (TPSA) is 90.8 Å². The maximum Gasteiger partial charge on any atom is 0.321 e. The lowest BCUT2D eigenvalue weighted by atomic mass is 9.92. The molecule has 4 rings (SSSR count). The fourth-order valence-corrected chi connectivity index (χ4v) is 4.33. The third kappa shape index (κ3) is 3.72. The van der Waals surface area contributed by atoms with E-state index >= 15 is 0 Å². The molecule has 2 aliphatic rings. The van der Waals surface area contributed by atoms with Crippen LogP contribution in [0.5, 0.6) is 0 Å². The van der Waals surface area contributed by atoms with Crippen LogP contribution in [0.2, 0.25) is 5.02 Å². The van der Waals surface area contributed by atoms with Crippen molar-refractivity contribution in [3.63, 3.8) is 0 Å². The highest BCUT2D eigenvalue weighted by molar-refractivity contribution is 6.30. The number of halogens is 1. The van der Waals surface area contributed by atoms with Crippen LogP contribution in [0.3, 0.4) is 0 Å². The van der Waals surface area contributed by atoms with Crippen LogP contribution in [0.4, 0.5) is 16.2 Å². The molecule has 2 aliphatic heterocycles. The minimum absolute atomic E-state index is 0.0170. The average Bonchev–Trinajstić information content (AvgIpc) is 3.32. The zero-order valence-corrected chi connectivity index (χ0v) is 17.6. The zero-order valence-electron chi connectivity index (χ0n) is 16.8. The molecule has 4 amide bonds. The summed E-state index contributed by atoms with van der Waals surface area (Å²) in [5.74, 6) is -0.331. The van der Waals surface area contributed by atoms with Crippen LogP contribution in [0.15, 0.2) is 36.7 Å². The van der Waals surface area contributed by atoms with E-state index < -0.39 is 5.54 Å². The summed E-state index contributed by atoms with van der Waals surface area (Å²) in [6.07, 6.45) is 3.99. The van der Waals surface area contributed by atoms with Crippen LogP contribution in [-0.4, -0.2) is 69.1 Å². The van der Waals surface area contributed by atoms with Gasteiger partial charge < -0.3 is 20.0 Å². The van der Waals surface area contributed by atoms with Crippen LogP contribution in [0.25, 0.3) is 0 Å². The predicted molar refractivity (Wildman–Crippen MR) is 112 cm³/mol. The number of nitrogens with one attached hydrogen (secondary N) is 1. The molecular formula is C20H23ClN6O3. The van der Waals surface area contributed by atoms with Crippen LogP contribution >= 0.6 is 11.6 Å². The number of urea groups is 1. The highest BCUT2D eigenvalue weighted by Gasteiger charge is 2.51. The number of amides is 4. The number of hydrogen-bond acceptors (Lipinski definition) is 4. The quantitative estimate of drug-likeness (QED) is 0.788. The van der Waals surface area contributed by atoms with Gasteiger partial charge in [0.15, 0.2) is 0 Å². The summed E-state index contributed by atoms with van der Waals surface area (Å²) >= 11 is 5.90. The molecule has 2 fully saturated rings. The number of carbonyl (C=O) groups is 3. The first-order chi connectivity index (χ1) is 14.3. The number of aryl methyl sites for hydroxylation is 1. The molecule has 1 spiro atoms. The monoisotopic (exact) mass is 430 g/mol. The minimum atomic E-state index is -0.632. The summed E-state index contributed by atoms with van der Waals surface area (Å²) in [6, 6.07) is 6.63. The van der Waals surface area contributed by atoms with Gasteiger partial charge in [0.05, 0.1) is 24.0 Å². The van der Waals surface area contributed by atoms with Crippen molar-refractivity contribution in [2.75, 3.05) is 36.4 Å². The van der Waals surface area contributed by atoms with Crippen molar-refractivity contribution in [2.24, 2.45) is 7.05 Å². The first-order valence-corrected chi connectivity index (χ1v) is 10.0. The lowest BCUT2D eigenvalue weighted by Crippen LogP contribution is -2.67. The van der Waals surface area contributed by atoms with Gasteiger partial charge in [-0.2, -0.15) is 5.10 Å². The van der Waals surface area contributed by atoms with Crippen molar-refractivity contribution in [1.29, 1.82) is 0 Å². The van der Waals surface area contributed by atoms with Gasteiger partial charge in [-0.1, -0.05) is 11.6 Å². The number of likely N-dealkylation sites (tertiary alicyclic amines) is 1. The Labute approximate surface area is 179 Å². The van der Waals surface area contributed by atoms with E-state index in [4.69, 9.17) is 11.6 Å². The summed E-state index contributed by atoms with van der Waals surface area (Å²) in [5.41, 5.74) is 0.700. The van der Waals surface area contributed by atoms with Gasteiger partial charge in [-0.25, -0.2) is 4.79 Å². The molecule has 0 radical (unpaired) electrons. The Balaban J connectivity index is 1.54. The molecule has 1 aromatic heterocycles. The van der Waals surface area contributed by atoms with Crippen LogP contribution in [0, 0.1) is 0 Å². The van der Waals surface area contributed by atoms with Crippen molar-refractivity contribution in [2.45, 2.75) is 18.9 Å². The largest absolute Gasteiger partial charge is 0.324 e. The normalized spacial score (nSPS) is 21.4. The molecule has 0 saturated carbocycles. The van der Waals surface area contributed by atoms with E-state index in [1.54, 1.807) is 63.1 Å². The summed E-state index contributed by atoms with van der Waals surface area (Å²) in [5, 5.41) is 7.60. The third-order valence-electron chi connectivity index (χ3n) is 5.72. The third-order valence-corrected chi connectivity index (χ3v) is 5.97. The Morgan fingerprint density at radius 1 is 1.20 bits per heavy atom. The van der Waals surface area contributed by atoms with Gasteiger partial charge in [-0.15, -0.1) is 0 Å². The summed E-state index contributed by atoms with van der Waals surface area (Å²) in [6.45, 7) is 2.60. The van der Waals surface area contributed by atoms with Crippen LogP contribution in [-0.2, 0) is 16.6 Å². The maximum absolute atomic E-state index is 12.8. The number of carbonyl (C=O) groups excluding carboxylic acids is 3. The Kier molecular flexibility index (Phi) is 5.15. The highest BCUT2D eigenvalue weighted by Crippen LogP contribution is 2.34. The van der Waals surface area contributed by atoms with Crippen molar-refractivity contribution >= 4 is 40.8 Å². The molecule has 1 atom stereocenters. The fourth-order valence-electron chi connectivity index (χ4n) is 4.20. The molecule has 1 aromatic carbocycles. The molecular weight excluding hydrogens is 408 g/mol. The van der Waals surface area contributed by atoms with E-state index in [0.29, 0.717) is 42.5 Å². The second-order valence-electron chi connectivity index (χ2n) is 7.79. The molecule has 10 heteroatoms. The van der Waals surface area contributed by atoms with Crippen molar-refractivity contribution in [1.82, 2.24) is 19.6 Å². The SMILES string of the molecule is CC(=O)N1CC(=O)N(c2cnn(C)c2)C[C@]12CCN(C(=O)Nc1ccc(Cl)cc1)C2. The Bertz CT molecular complexity index is 991. The van der Waals surface area contributed by atoms with Crippen molar-refractivity contribution in [3.05, 3.63) is 41.7 Å². The Hall–Kier alpha value is -3.07. The Morgan fingerprint density at radius 3 is 2.57 bits per heavy atom. The van der Waals surface area contributed by atoms with Crippen molar-refractivity contribution in [3.8, 4) is 0 Å². The Morgan fingerprint density at radius 2 is 1.93 bits per heavy atom.